The molecule has 2 aliphatic heterocycles. The number of fused-ring (bicyclic) bond motifs is 4. The molecule has 0 amide bonds. The Labute approximate surface area is 80.6 Å². The average Bonchev–Trinajstić information content (AvgIpc) is 2.41. The topological polar surface area (TPSA) is 12.0 Å². The molecule has 2 bridgehead atoms. The summed E-state index contributed by atoms with van der Waals surface area (Å²) in [7, 11) is 0. The van der Waals surface area contributed by atoms with Crippen molar-refractivity contribution in [3.8, 4) is 0 Å². The van der Waals surface area contributed by atoms with E-state index in [1.165, 1.54) is 12.8 Å². The highest BCUT2D eigenvalue weighted by Gasteiger charge is 2.50. The molecule has 13 heavy (non-hydrogen) atoms. The van der Waals surface area contributed by atoms with Crippen molar-refractivity contribution in [1.29, 1.82) is 0 Å². The van der Waals surface area contributed by atoms with Gasteiger partial charge in [-0.25, -0.2) is 0 Å². The van der Waals surface area contributed by atoms with Crippen LogP contribution in [0.25, 0.3) is 0 Å². The van der Waals surface area contributed by atoms with E-state index in [1.54, 1.807) is 0 Å². The lowest BCUT2D eigenvalue weighted by Gasteiger charge is -2.53. The monoisotopic (exact) mass is 177 g/mol. The molecular weight excluding hydrogens is 158 g/mol. The van der Waals surface area contributed by atoms with Gasteiger partial charge in [-0.2, -0.15) is 0 Å². The molecule has 1 nitrogen and oxygen atoms in total. The summed E-state index contributed by atoms with van der Waals surface area (Å²) in [6, 6.07) is 1.45. The Morgan fingerprint density at radius 1 is 1.15 bits per heavy atom. The molecule has 1 heteroatoms. The average molecular weight is 177 g/mol. The molecule has 4 unspecified atom stereocenters. The van der Waals surface area contributed by atoms with Gasteiger partial charge in [-0.15, -0.1) is 0 Å². The van der Waals surface area contributed by atoms with Gasteiger partial charge in [-0.1, -0.05) is 26.0 Å². The molecular formula is C12H19N. The van der Waals surface area contributed by atoms with Crippen LogP contribution < -0.4 is 5.32 Å². The van der Waals surface area contributed by atoms with Crippen LogP contribution in [0.4, 0.5) is 0 Å². The first-order chi connectivity index (χ1) is 6.25. The first-order valence-corrected chi connectivity index (χ1v) is 5.70. The van der Waals surface area contributed by atoms with Gasteiger partial charge in [-0.3, -0.25) is 0 Å². The third kappa shape index (κ3) is 1.03. The third-order valence-corrected chi connectivity index (χ3v) is 4.45. The highest BCUT2D eigenvalue weighted by molar-refractivity contribution is 5.19. The molecule has 72 valence electrons. The summed E-state index contributed by atoms with van der Waals surface area (Å²) in [5.74, 6) is 3.93. The lowest BCUT2D eigenvalue weighted by Crippen LogP contribution is -2.55. The summed E-state index contributed by atoms with van der Waals surface area (Å²) in [4.78, 5) is 0. The molecule has 2 heterocycles. The lowest BCUT2D eigenvalue weighted by molar-refractivity contribution is -0.0113. The minimum atomic E-state index is 0.716. The molecule has 0 aromatic rings. The maximum Gasteiger partial charge on any atom is 0.0287 e. The fraction of sp³-hybridized carbons (Fsp3) is 0.833. The van der Waals surface area contributed by atoms with Crippen LogP contribution in [0.15, 0.2) is 12.2 Å². The van der Waals surface area contributed by atoms with E-state index in [-0.39, 0.29) is 0 Å². The summed E-state index contributed by atoms with van der Waals surface area (Å²) in [6.45, 7) is 4.77. The van der Waals surface area contributed by atoms with E-state index in [1.807, 2.05) is 0 Å². The van der Waals surface area contributed by atoms with E-state index in [0.29, 0.717) is 6.04 Å². The van der Waals surface area contributed by atoms with Crippen molar-refractivity contribution in [1.82, 2.24) is 5.32 Å². The van der Waals surface area contributed by atoms with Crippen molar-refractivity contribution >= 4 is 0 Å². The molecule has 0 radical (unpaired) electrons. The molecule has 1 aliphatic carbocycles. The zero-order valence-corrected chi connectivity index (χ0v) is 8.53. The van der Waals surface area contributed by atoms with Gasteiger partial charge in [-0.05, 0) is 36.5 Å². The van der Waals surface area contributed by atoms with Crippen LogP contribution >= 0.6 is 0 Å². The van der Waals surface area contributed by atoms with Gasteiger partial charge in [0.2, 0.25) is 0 Å². The first-order valence-electron chi connectivity index (χ1n) is 5.70. The molecule has 2 fully saturated rings. The summed E-state index contributed by atoms with van der Waals surface area (Å²) in [5.41, 5.74) is 0. The number of nitrogens with one attached hydrogen (secondary N) is 1. The van der Waals surface area contributed by atoms with Crippen LogP contribution in [0.2, 0.25) is 0 Å². The van der Waals surface area contributed by atoms with Gasteiger partial charge in [0.25, 0.3) is 0 Å². The normalized spacial score (nSPS) is 52.1. The Morgan fingerprint density at radius 3 is 2.77 bits per heavy atom. The number of hydrogen-bond donors (Lipinski definition) is 1. The number of rotatable bonds is 1. The Morgan fingerprint density at radius 2 is 2.00 bits per heavy atom. The number of hydrogen-bond acceptors (Lipinski definition) is 1. The molecule has 1 saturated carbocycles. The maximum absolute atomic E-state index is 3.67. The van der Waals surface area contributed by atoms with E-state index in [2.05, 4.69) is 31.3 Å². The van der Waals surface area contributed by atoms with Gasteiger partial charge >= 0.3 is 0 Å². The largest absolute Gasteiger partial charge is 0.304 e. The predicted octanol–water partition coefficient (Wildman–Crippen LogP) is 2.19. The highest BCUT2D eigenvalue weighted by Crippen LogP contribution is 2.52. The summed E-state index contributed by atoms with van der Waals surface area (Å²) in [5, 5.41) is 3.67. The van der Waals surface area contributed by atoms with E-state index < -0.39 is 0 Å². The van der Waals surface area contributed by atoms with Gasteiger partial charge in [0.05, 0.1) is 0 Å². The van der Waals surface area contributed by atoms with E-state index >= 15 is 0 Å². The van der Waals surface area contributed by atoms with Crippen LogP contribution in [0.1, 0.15) is 26.7 Å². The van der Waals surface area contributed by atoms with Crippen molar-refractivity contribution in [2.75, 3.05) is 0 Å². The summed E-state index contributed by atoms with van der Waals surface area (Å²) >= 11 is 0. The predicted molar refractivity (Wildman–Crippen MR) is 54.4 cm³/mol. The van der Waals surface area contributed by atoms with Gasteiger partial charge in [0, 0.05) is 12.1 Å². The Kier molecular flexibility index (Phi) is 1.61. The van der Waals surface area contributed by atoms with Crippen LogP contribution in [0, 0.1) is 23.7 Å². The molecule has 5 atom stereocenters. The Balaban J connectivity index is 1.76. The number of piperidine rings is 1. The summed E-state index contributed by atoms with van der Waals surface area (Å²) < 4.78 is 0. The Hall–Kier alpha value is -0.300. The standard InChI is InChI=1S/C12H19N/c1-7(2)9-6-11-10(9)5-8-3-4-12(11)13-8/h3-4,7-13H,5-6H2,1-2H3/t8?,9?,10?,11-,12?/m0/s1. The van der Waals surface area contributed by atoms with E-state index in [4.69, 9.17) is 0 Å². The first kappa shape index (κ1) is 8.05. The molecule has 1 saturated heterocycles. The van der Waals surface area contributed by atoms with Crippen molar-refractivity contribution < 1.29 is 0 Å². The van der Waals surface area contributed by atoms with Gasteiger partial charge in [0.15, 0.2) is 0 Å². The van der Waals surface area contributed by atoms with E-state index in [9.17, 15) is 0 Å². The fourth-order valence-corrected chi connectivity index (χ4v) is 3.63. The molecule has 1 N–H and O–H groups in total. The molecule has 3 rings (SSSR count). The van der Waals surface area contributed by atoms with Crippen LogP contribution in [0.3, 0.4) is 0 Å². The summed E-state index contributed by atoms with van der Waals surface area (Å²) in [6.07, 6.45) is 7.67. The quantitative estimate of drug-likeness (QED) is 0.605. The zero-order valence-electron chi connectivity index (χ0n) is 8.53. The van der Waals surface area contributed by atoms with Crippen LogP contribution in [-0.2, 0) is 0 Å². The molecule has 3 aliphatic rings. The van der Waals surface area contributed by atoms with Crippen molar-refractivity contribution in [2.45, 2.75) is 38.8 Å². The minimum absolute atomic E-state index is 0.716. The molecule has 0 spiro atoms. The smallest absolute Gasteiger partial charge is 0.0287 e. The molecule has 0 aromatic heterocycles. The zero-order chi connectivity index (χ0) is 9.00. The van der Waals surface area contributed by atoms with Crippen molar-refractivity contribution in [2.24, 2.45) is 23.7 Å². The van der Waals surface area contributed by atoms with Gasteiger partial charge in [0.1, 0.15) is 0 Å². The van der Waals surface area contributed by atoms with E-state index in [0.717, 1.165) is 29.7 Å². The highest BCUT2D eigenvalue weighted by atomic mass is 15.0. The SMILES string of the molecule is CC(C)C1C[C@@H]2C3C=CC(CC12)N3. The second kappa shape index (κ2) is 2.60. The Bertz CT molecular complexity index is 244. The van der Waals surface area contributed by atoms with Gasteiger partial charge < -0.3 is 5.32 Å². The maximum atomic E-state index is 3.67. The second-order valence-corrected chi connectivity index (χ2v) is 5.39. The van der Waals surface area contributed by atoms with Crippen molar-refractivity contribution in [3.05, 3.63) is 12.2 Å². The van der Waals surface area contributed by atoms with Crippen LogP contribution in [-0.4, -0.2) is 12.1 Å². The fourth-order valence-electron chi connectivity index (χ4n) is 3.63. The molecule has 0 aromatic carbocycles. The minimum Gasteiger partial charge on any atom is -0.304 e. The second-order valence-electron chi connectivity index (χ2n) is 5.39. The lowest BCUT2D eigenvalue weighted by atomic mass is 9.56. The van der Waals surface area contributed by atoms with Crippen LogP contribution in [0.5, 0.6) is 0 Å². The third-order valence-electron chi connectivity index (χ3n) is 4.45. The van der Waals surface area contributed by atoms with Crippen molar-refractivity contribution in [3.63, 3.8) is 0 Å².